The lowest BCUT2D eigenvalue weighted by atomic mass is 10.1. The molecule has 0 radical (unpaired) electrons. The summed E-state index contributed by atoms with van der Waals surface area (Å²) in [4.78, 5) is 19.4. The molecule has 0 N–H and O–H groups in total. The van der Waals surface area contributed by atoms with Gasteiger partial charge in [-0.05, 0) is 66.7 Å². The van der Waals surface area contributed by atoms with Crippen molar-refractivity contribution in [1.82, 2.24) is 4.90 Å². The summed E-state index contributed by atoms with van der Waals surface area (Å²) in [6.07, 6.45) is 1.76. The summed E-state index contributed by atoms with van der Waals surface area (Å²) in [7, 11) is 4.61. The second-order valence-electron chi connectivity index (χ2n) is 5.99. The Hall–Kier alpha value is -3.00. The zero-order valence-electron chi connectivity index (χ0n) is 16.6. The van der Waals surface area contributed by atoms with Crippen LogP contribution in [0.1, 0.15) is 12.5 Å². The number of amides is 1. The third kappa shape index (κ3) is 4.37. The Morgan fingerprint density at radius 1 is 1.07 bits per heavy atom. The molecule has 1 saturated heterocycles. The third-order valence-corrected chi connectivity index (χ3v) is 5.25. The standard InChI is InChI=1S/C21H21FN2O4S/c1-5-24-20(25)18(29-21(24)23-15-8-6-14(22)7-9-15)12-13-10-16(26-2)19(28-4)17(11-13)27-3/h6-12H,5H2,1-4H3. The molecule has 1 aliphatic rings. The second kappa shape index (κ2) is 9.00. The molecule has 0 atom stereocenters. The van der Waals surface area contributed by atoms with Crippen LogP contribution in [-0.2, 0) is 4.79 Å². The summed E-state index contributed by atoms with van der Waals surface area (Å²) in [5.74, 6) is 1.01. The van der Waals surface area contributed by atoms with Gasteiger partial charge in [0.1, 0.15) is 5.82 Å². The van der Waals surface area contributed by atoms with Gasteiger partial charge in [0.05, 0.1) is 31.9 Å². The van der Waals surface area contributed by atoms with Crippen molar-refractivity contribution in [3.8, 4) is 17.2 Å². The Morgan fingerprint density at radius 3 is 2.21 bits per heavy atom. The first kappa shape index (κ1) is 20.7. The zero-order valence-corrected chi connectivity index (χ0v) is 17.4. The van der Waals surface area contributed by atoms with Crippen LogP contribution in [0.2, 0.25) is 0 Å². The topological polar surface area (TPSA) is 60.4 Å². The van der Waals surface area contributed by atoms with Crippen LogP contribution in [0.15, 0.2) is 46.3 Å². The van der Waals surface area contributed by atoms with Crippen molar-refractivity contribution in [2.75, 3.05) is 27.9 Å². The number of carbonyl (C=O) groups excluding carboxylic acids is 1. The number of hydrogen-bond acceptors (Lipinski definition) is 6. The van der Waals surface area contributed by atoms with Gasteiger partial charge in [0, 0.05) is 6.54 Å². The molecule has 1 heterocycles. The Morgan fingerprint density at radius 2 is 1.69 bits per heavy atom. The maximum atomic E-state index is 13.1. The number of methoxy groups -OCH3 is 3. The fourth-order valence-electron chi connectivity index (χ4n) is 2.83. The molecule has 8 heteroatoms. The molecule has 2 aromatic rings. The summed E-state index contributed by atoms with van der Waals surface area (Å²) < 4.78 is 29.2. The number of benzene rings is 2. The fraction of sp³-hybridized carbons (Fsp3) is 0.238. The Labute approximate surface area is 173 Å². The molecule has 0 unspecified atom stereocenters. The summed E-state index contributed by atoms with van der Waals surface area (Å²) in [5, 5.41) is 0.544. The average molecular weight is 416 g/mol. The van der Waals surface area contributed by atoms with Gasteiger partial charge in [-0.3, -0.25) is 9.69 Å². The Bertz CT molecular complexity index is 948. The lowest BCUT2D eigenvalue weighted by Gasteiger charge is -2.13. The SMILES string of the molecule is CCN1C(=O)C(=Cc2cc(OC)c(OC)c(OC)c2)SC1=Nc1ccc(F)cc1. The van der Waals surface area contributed by atoms with E-state index in [2.05, 4.69) is 4.99 Å². The molecule has 1 aliphatic heterocycles. The van der Waals surface area contributed by atoms with Crippen LogP contribution in [0.4, 0.5) is 10.1 Å². The van der Waals surface area contributed by atoms with Crippen molar-refractivity contribution in [2.45, 2.75) is 6.92 Å². The van der Waals surface area contributed by atoms with E-state index in [1.54, 1.807) is 35.2 Å². The number of hydrogen-bond donors (Lipinski definition) is 0. The highest BCUT2D eigenvalue weighted by molar-refractivity contribution is 8.18. The normalized spacial score (nSPS) is 16.6. The zero-order chi connectivity index (χ0) is 21.0. The fourth-order valence-corrected chi connectivity index (χ4v) is 3.89. The molecular weight excluding hydrogens is 395 g/mol. The quantitative estimate of drug-likeness (QED) is 0.650. The molecule has 29 heavy (non-hydrogen) atoms. The summed E-state index contributed by atoms with van der Waals surface area (Å²) in [5.41, 5.74) is 1.31. The smallest absolute Gasteiger partial charge is 0.266 e. The first-order valence-corrected chi connectivity index (χ1v) is 9.68. The van der Waals surface area contributed by atoms with Crippen molar-refractivity contribution >= 4 is 34.6 Å². The number of aliphatic imine (C=N–C) groups is 1. The minimum absolute atomic E-state index is 0.146. The summed E-state index contributed by atoms with van der Waals surface area (Å²) in [6, 6.07) is 9.36. The predicted molar refractivity (Wildman–Crippen MR) is 113 cm³/mol. The van der Waals surface area contributed by atoms with Crippen molar-refractivity contribution in [3.63, 3.8) is 0 Å². The van der Waals surface area contributed by atoms with E-state index in [0.29, 0.717) is 39.6 Å². The molecule has 0 aromatic heterocycles. The van der Waals surface area contributed by atoms with Gasteiger partial charge >= 0.3 is 0 Å². The number of nitrogens with zero attached hydrogens (tertiary/aromatic N) is 2. The maximum absolute atomic E-state index is 13.1. The van der Waals surface area contributed by atoms with E-state index >= 15 is 0 Å². The first-order chi connectivity index (χ1) is 14.0. The van der Waals surface area contributed by atoms with E-state index in [-0.39, 0.29) is 11.7 Å². The predicted octanol–water partition coefficient (Wildman–Crippen LogP) is 4.48. The second-order valence-corrected chi connectivity index (χ2v) is 7.00. The molecule has 6 nitrogen and oxygen atoms in total. The van der Waals surface area contributed by atoms with Crippen LogP contribution in [0, 0.1) is 5.82 Å². The van der Waals surface area contributed by atoms with Crippen LogP contribution in [0.25, 0.3) is 6.08 Å². The number of thioether (sulfide) groups is 1. The molecule has 0 bridgehead atoms. The Balaban J connectivity index is 1.98. The van der Waals surface area contributed by atoms with Gasteiger partial charge in [-0.1, -0.05) is 0 Å². The average Bonchev–Trinajstić information content (AvgIpc) is 3.02. The summed E-state index contributed by atoms with van der Waals surface area (Å²) >= 11 is 1.26. The van der Waals surface area contributed by atoms with Gasteiger partial charge in [-0.2, -0.15) is 0 Å². The summed E-state index contributed by atoms with van der Waals surface area (Å²) in [6.45, 7) is 2.35. The van der Waals surface area contributed by atoms with Crippen LogP contribution in [0.5, 0.6) is 17.2 Å². The van der Waals surface area contributed by atoms with Gasteiger partial charge in [0.15, 0.2) is 16.7 Å². The van der Waals surface area contributed by atoms with E-state index in [0.717, 1.165) is 5.56 Å². The number of carbonyl (C=O) groups is 1. The van der Waals surface area contributed by atoms with Crippen molar-refractivity contribution in [2.24, 2.45) is 4.99 Å². The van der Waals surface area contributed by atoms with Crippen molar-refractivity contribution in [1.29, 1.82) is 0 Å². The van der Waals surface area contributed by atoms with Crippen LogP contribution < -0.4 is 14.2 Å². The van der Waals surface area contributed by atoms with Crippen LogP contribution in [0.3, 0.4) is 0 Å². The molecule has 1 fully saturated rings. The highest BCUT2D eigenvalue weighted by Crippen LogP contribution is 2.40. The van der Waals surface area contributed by atoms with Crippen LogP contribution in [-0.4, -0.2) is 43.8 Å². The number of ether oxygens (including phenoxy) is 3. The number of halogens is 1. The first-order valence-electron chi connectivity index (χ1n) is 8.86. The minimum atomic E-state index is -0.334. The van der Waals surface area contributed by atoms with Crippen LogP contribution >= 0.6 is 11.8 Å². The molecular formula is C21H21FN2O4S. The van der Waals surface area contributed by atoms with Gasteiger partial charge in [-0.15, -0.1) is 0 Å². The number of amidine groups is 1. The lowest BCUT2D eigenvalue weighted by Crippen LogP contribution is -2.28. The van der Waals surface area contributed by atoms with Gasteiger partial charge in [0.25, 0.3) is 5.91 Å². The molecule has 0 saturated carbocycles. The minimum Gasteiger partial charge on any atom is -0.493 e. The molecule has 152 valence electrons. The maximum Gasteiger partial charge on any atom is 0.266 e. The number of likely N-dealkylation sites (N-methyl/N-ethyl adjacent to an activating group) is 1. The molecule has 2 aromatic carbocycles. The Kier molecular flexibility index (Phi) is 6.43. The van der Waals surface area contributed by atoms with E-state index < -0.39 is 0 Å². The van der Waals surface area contributed by atoms with E-state index in [1.165, 1.54) is 45.2 Å². The van der Waals surface area contributed by atoms with E-state index in [4.69, 9.17) is 14.2 Å². The molecule has 0 aliphatic carbocycles. The van der Waals surface area contributed by atoms with Gasteiger partial charge in [-0.25, -0.2) is 9.38 Å². The molecule has 3 rings (SSSR count). The van der Waals surface area contributed by atoms with Gasteiger partial charge in [0.2, 0.25) is 5.75 Å². The lowest BCUT2D eigenvalue weighted by molar-refractivity contribution is -0.122. The molecule has 0 spiro atoms. The van der Waals surface area contributed by atoms with E-state index in [9.17, 15) is 9.18 Å². The van der Waals surface area contributed by atoms with E-state index in [1.807, 2.05) is 6.92 Å². The highest BCUT2D eigenvalue weighted by atomic mass is 32.2. The van der Waals surface area contributed by atoms with Crippen molar-refractivity contribution < 1.29 is 23.4 Å². The monoisotopic (exact) mass is 416 g/mol. The largest absolute Gasteiger partial charge is 0.493 e. The third-order valence-electron chi connectivity index (χ3n) is 4.24. The number of rotatable bonds is 6. The van der Waals surface area contributed by atoms with Crippen molar-refractivity contribution in [3.05, 3.63) is 52.7 Å². The highest BCUT2D eigenvalue weighted by Gasteiger charge is 2.32. The van der Waals surface area contributed by atoms with Gasteiger partial charge < -0.3 is 14.2 Å². The molecule has 1 amide bonds.